The molecule has 7 aliphatic carbocycles. The van der Waals surface area contributed by atoms with Crippen LogP contribution in [0.25, 0.3) is 22.9 Å². The number of phenolic OH excluding ortho intramolecular Hbond substituents is 5. The van der Waals surface area contributed by atoms with E-state index in [1.807, 2.05) is 18.5 Å². The van der Waals surface area contributed by atoms with Gasteiger partial charge in [-0.15, -0.1) is 0 Å². The van der Waals surface area contributed by atoms with Gasteiger partial charge in [-0.3, -0.25) is 0 Å². The summed E-state index contributed by atoms with van der Waals surface area (Å²) in [6.45, 7) is 0.841. The summed E-state index contributed by atoms with van der Waals surface area (Å²) in [6.07, 6.45) is 32.6. The van der Waals surface area contributed by atoms with E-state index in [0.29, 0.717) is 52.7 Å². The number of imidazole rings is 1. The number of likely N-dealkylation sites (N-methyl/N-ethyl adjacent to an activating group) is 1. The highest BCUT2D eigenvalue weighted by Gasteiger charge is 2.84. The number of fused-ring (bicyclic) bond motifs is 8. The predicted molar refractivity (Wildman–Crippen MR) is 319 cm³/mol. The fraction of sp³-hybridized carbons (Fsp3) is 0.451. The molecule has 4 saturated carbocycles. The van der Waals surface area contributed by atoms with Gasteiger partial charge in [-0.1, -0.05) is 122 Å². The van der Waals surface area contributed by atoms with Crippen LogP contribution in [0.5, 0.6) is 28.7 Å². The number of aromatic hydroxyl groups is 5. The first kappa shape index (κ1) is 51.0. The minimum atomic E-state index is -0.571. The molecule has 4 spiro atoms. The highest BCUT2D eigenvalue weighted by Crippen LogP contribution is 2.85. The van der Waals surface area contributed by atoms with Gasteiger partial charge in [0.2, 0.25) is 0 Å². The maximum Gasteiger partial charge on any atom is 0.169 e. The average Bonchev–Trinajstić information content (AvgIpc) is 1.36. The minimum absolute atomic E-state index is 0.00484. The van der Waals surface area contributed by atoms with Crippen molar-refractivity contribution in [2.24, 2.45) is 45.3 Å². The zero-order valence-corrected chi connectivity index (χ0v) is 46.9. The molecule has 6 fully saturated rings. The van der Waals surface area contributed by atoms with Crippen molar-refractivity contribution in [3.05, 3.63) is 178 Å². The number of benzene rings is 5. The second-order valence-electron chi connectivity index (χ2n) is 27.3. The number of aromatic nitrogens is 2. The Morgan fingerprint density at radius 3 is 2.44 bits per heavy atom. The number of piperidine rings is 2. The van der Waals surface area contributed by atoms with Gasteiger partial charge >= 0.3 is 0 Å². The van der Waals surface area contributed by atoms with E-state index in [0.717, 1.165) is 44.2 Å². The first-order valence-electron chi connectivity index (χ1n) is 30.9. The number of aliphatic hydroxyl groups is 1. The van der Waals surface area contributed by atoms with Crippen LogP contribution in [0.1, 0.15) is 140 Å². The second-order valence-corrected chi connectivity index (χ2v) is 27.3. The van der Waals surface area contributed by atoms with E-state index in [9.17, 15) is 30.6 Å². The van der Waals surface area contributed by atoms with Gasteiger partial charge in [0, 0.05) is 65.1 Å². The maximum atomic E-state index is 13.4. The Kier molecular flexibility index (Phi) is 11.5. The van der Waals surface area contributed by atoms with E-state index in [1.165, 1.54) is 91.2 Å². The van der Waals surface area contributed by atoms with Gasteiger partial charge in [0.1, 0.15) is 5.75 Å². The summed E-state index contributed by atoms with van der Waals surface area (Å²) in [4.78, 5) is 9.64. The molecular formula is C71H77N5O6. The lowest BCUT2D eigenvalue weighted by Gasteiger charge is -2.77. The summed E-state index contributed by atoms with van der Waals surface area (Å²) in [5.74, 6) is 0.646. The number of nitrogens with zero attached hydrogens (tertiary/aromatic N) is 1. The van der Waals surface area contributed by atoms with Gasteiger partial charge in [0.25, 0.3) is 0 Å². The molecule has 6 aromatic rings. The standard InChI is InChI=1S/C71H77N5O6/c1-72-38-45-32-51(42-7-3-2-4-8-42)55-37-67(36-54(45)75-55)35-53(43-17-12-40(13-18-43)14-21-50-48(20-15-41-16-22-56(77)59(80)31-41)49-10-5-11-57(78)60(49)63(82)62(50)81)76-65-52(67)33-47-25-28-68-27-24-44(34-68)61-66(74-39-73-61)71(65)64-58(79)23-19-46-9-6-26-69(46,64)29-30-70(47,68)71/h2-5,7-8,10-13,15-20,22-24,27,31-32,39,44,46-47,51-55,58,64-65,72,75-82H,6,9,14,21,25-26,28-30,33-38H2,1H3,(H,73,74). The number of nitrogens with one attached hydrogen (secondary N) is 4. The van der Waals surface area contributed by atoms with Crippen LogP contribution in [-0.4, -0.2) is 78.4 Å². The summed E-state index contributed by atoms with van der Waals surface area (Å²) >= 11 is 0. The molecule has 16 unspecified atom stereocenters. The highest BCUT2D eigenvalue weighted by atomic mass is 16.3. The molecule has 10 N–H and O–H groups in total. The van der Waals surface area contributed by atoms with Crippen molar-refractivity contribution in [2.75, 3.05) is 13.6 Å². The average molecular weight is 1100 g/mol. The lowest BCUT2D eigenvalue weighted by Crippen LogP contribution is -2.80. The minimum Gasteiger partial charge on any atom is -0.507 e. The van der Waals surface area contributed by atoms with Crippen molar-refractivity contribution in [3.63, 3.8) is 0 Å². The number of rotatable bonds is 9. The molecule has 1 aromatic heterocycles. The third kappa shape index (κ3) is 6.88. The normalized spacial score (nSPS) is 37.9. The van der Waals surface area contributed by atoms with Crippen molar-refractivity contribution in [2.45, 2.75) is 137 Å². The van der Waals surface area contributed by atoms with Crippen LogP contribution in [0.15, 0.2) is 133 Å². The van der Waals surface area contributed by atoms with Gasteiger partial charge < -0.3 is 51.6 Å². The van der Waals surface area contributed by atoms with Gasteiger partial charge in [0.15, 0.2) is 23.0 Å². The summed E-state index contributed by atoms with van der Waals surface area (Å²) in [5.41, 5.74) is 9.11. The second kappa shape index (κ2) is 18.4. The maximum absolute atomic E-state index is 13.4. The lowest BCUT2D eigenvalue weighted by atomic mass is 9.28. The molecule has 4 heterocycles. The Morgan fingerprint density at radius 2 is 1.60 bits per heavy atom. The molecule has 422 valence electrons. The third-order valence-electron chi connectivity index (χ3n) is 24.4. The monoisotopic (exact) mass is 1100 g/mol. The van der Waals surface area contributed by atoms with Crippen molar-refractivity contribution < 1.29 is 30.6 Å². The first-order chi connectivity index (χ1) is 39.9. The smallest absolute Gasteiger partial charge is 0.169 e. The Bertz CT molecular complexity index is 3680. The molecule has 2 saturated heterocycles. The molecular weight excluding hydrogens is 1020 g/mol. The molecule has 16 atom stereocenters. The van der Waals surface area contributed by atoms with Crippen LogP contribution >= 0.6 is 0 Å². The van der Waals surface area contributed by atoms with Gasteiger partial charge in [-0.05, 0) is 187 Å². The number of hydrogen-bond donors (Lipinski definition) is 10. The number of aliphatic hydroxyl groups excluding tert-OH is 1. The Balaban J connectivity index is 0.833. The molecule has 11 nitrogen and oxygen atoms in total. The van der Waals surface area contributed by atoms with Crippen molar-refractivity contribution in [3.8, 4) is 28.7 Å². The molecule has 0 radical (unpaired) electrons. The van der Waals surface area contributed by atoms with Crippen molar-refractivity contribution in [1.82, 2.24) is 25.9 Å². The number of aryl methyl sites for hydroxylation is 1. The zero-order chi connectivity index (χ0) is 55.5. The Hall–Kier alpha value is -6.63. The van der Waals surface area contributed by atoms with E-state index in [4.69, 9.17) is 10.3 Å². The van der Waals surface area contributed by atoms with Crippen molar-refractivity contribution >= 4 is 22.9 Å². The lowest BCUT2D eigenvalue weighted by molar-refractivity contribution is -0.240. The molecule has 3 aliphatic heterocycles. The topological polar surface area (TPSA) is 186 Å². The molecule has 5 aromatic carbocycles. The fourth-order valence-corrected chi connectivity index (χ4v) is 21.6. The van der Waals surface area contributed by atoms with Crippen LogP contribution in [0, 0.1) is 45.3 Å². The molecule has 82 heavy (non-hydrogen) atoms. The SMILES string of the molecule is CNCC1=CC(c2ccccc2)C2CC3(CC1N2)CC(c1ccc(CCc2c(O)c(O)c4c(O)cccc4c2C=Cc2ccc(O)c(O)c2)cc1)NC1C3CC2CCC34C=CC(C3)c3[nH]cnc3C13C1C(O)C=CC5CCCC51CCC243. The molecule has 16 rings (SSSR count). The molecule has 11 heteroatoms. The molecule has 10 aliphatic rings. The summed E-state index contributed by atoms with van der Waals surface area (Å²) in [6, 6.07) is 30.7. The molecule has 0 amide bonds. The first-order valence-corrected chi connectivity index (χ1v) is 30.9. The zero-order valence-electron chi connectivity index (χ0n) is 46.9. The van der Waals surface area contributed by atoms with Crippen LogP contribution < -0.4 is 16.0 Å². The van der Waals surface area contributed by atoms with Gasteiger partial charge in [0.05, 0.1) is 23.5 Å². The summed E-state index contributed by atoms with van der Waals surface area (Å²) < 4.78 is 0. The van der Waals surface area contributed by atoms with E-state index >= 15 is 0 Å². The van der Waals surface area contributed by atoms with Crippen LogP contribution in [0.2, 0.25) is 0 Å². The quantitative estimate of drug-likeness (QED) is 0.0379. The van der Waals surface area contributed by atoms with Crippen LogP contribution in [0.3, 0.4) is 0 Å². The number of H-pyrrole nitrogens is 1. The summed E-state index contributed by atoms with van der Waals surface area (Å²) in [7, 11) is 2.09. The van der Waals surface area contributed by atoms with E-state index in [2.05, 4.69) is 108 Å². The van der Waals surface area contributed by atoms with Crippen LogP contribution in [-0.2, 0) is 18.3 Å². The fourth-order valence-electron chi connectivity index (χ4n) is 21.6. The van der Waals surface area contributed by atoms with Gasteiger partial charge in [-0.2, -0.15) is 0 Å². The summed E-state index contributed by atoms with van der Waals surface area (Å²) in [5, 5.41) is 81.5. The number of phenols is 5. The van der Waals surface area contributed by atoms with E-state index < -0.39 is 11.5 Å². The molecule has 4 bridgehead atoms. The third-order valence-corrected chi connectivity index (χ3v) is 24.4. The Morgan fingerprint density at radius 1 is 0.744 bits per heavy atom. The number of allylic oxidation sites excluding steroid dienone is 3. The van der Waals surface area contributed by atoms with Gasteiger partial charge in [-0.25, -0.2) is 4.98 Å². The van der Waals surface area contributed by atoms with E-state index in [1.54, 1.807) is 18.2 Å². The van der Waals surface area contributed by atoms with Crippen molar-refractivity contribution in [1.29, 1.82) is 0 Å². The van der Waals surface area contributed by atoms with Crippen LogP contribution in [0.4, 0.5) is 0 Å². The number of hydrogen-bond acceptors (Lipinski definition) is 10. The largest absolute Gasteiger partial charge is 0.507 e. The Labute approximate surface area is 480 Å². The highest BCUT2D eigenvalue weighted by molar-refractivity contribution is 6.03. The van der Waals surface area contributed by atoms with E-state index in [-0.39, 0.29) is 97.7 Å². The predicted octanol–water partition coefficient (Wildman–Crippen LogP) is 12.0. The number of aromatic amines is 1.